The van der Waals surface area contributed by atoms with Crippen LogP contribution >= 0.6 is 0 Å². The molecule has 0 aliphatic heterocycles. The first-order chi connectivity index (χ1) is 6.54. The van der Waals surface area contributed by atoms with Gasteiger partial charge in [0.05, 0.1) is 12.0 Å². The molecule has 0 bridgehead atoms. The van der Waals surface area contributed by atoms with Crippen LogP contribution in [0.15, 0.2) is 23.8 Å². The molecule has 1 unspecified atom stereocenters. The van der Waals surface area contributed by atoms with E-state index in [1.807, 2.05) is 39.0 Å². The summed E-state index contributed by atoms with van der Waals surface area (Å²) in [5, 5.41) is 0. The molecule has 1 aliphatic carbocycles. The topological polar surface area (TPSA) is 26.3 Å². The third-order valence-electron chi connectivity index (χ3n) is 2.77. The average Bonchev–Trinajstić information content (AvgIpc) is 2.48. The van der Waals surface area contributed by atoms with Crippen molar-refractivity contribution in [3.8, 4) is 0 Å². The fourth-order valence-corrected chi connectivity index (χ4v) is 1.89. The quantitative estimate of drug-likeness (QED) is 0.686. The summed E-state index contributed by atoms with van der Waals surface area (Å²) in [6.07, 6.45) is 5.88. The second-order valence-corrected chi connectivity index (χ2v) is 4.13. The highest BCUT2D eigenvalue weighted by atomic mass is 16.5. The van der Waals surface area contributed by atoms with Crippen molar-refractivity contribution in [2.75, 3.05) is 13.7 Å². The van der Waals surface area contributed by atoms with Crippen molar-refractivity contribution in [3.63, 3.8) is 0 Å². The Morgan fingerprint density at radius 2 is 2.21 bits per heavy atom. The van der Waals surface area contributed by atoms with Crippen LogP contribution in [0.25, 0.3) is 0 Å². The van der Waals surface area contributed by atoms with Gasteiger partial charge in [0.1, 0.15) is 0 Å². The van der Waals surface area contributed by atoms with Crippen LogP contribution in [-0.4, -0.2) is 19.5 Å². The zero-order chi connectivity index (χ0) is 10.8. The van der Waals surface area contributed by atoms with Crippen LogP contribution in [0.2, 0.25) is 0 Å². The predicted octanol–water partition coefficient (Wildman–Crippen LogP) is 2.36. The molecule has 14 heavy (non-hydrogen) atoms. The lowest BCUT2D eigenvalue weighted by molar-refractivity contribution is -0.129. The maximum Gasteiger partial charge on any atom is 0.151 e. The largest absolute Gasteiger partial charge is 0.383 e. The molecule has 0 aromatic rings. The summed E-state index contributed by atoms with van der Waals surface area (Å²) in [5.74, 6) is 0.276. The van der Waals surface area contributed by atoms with Gasteiger partial charge in [-0.15, -0.1) is 0 Å². The summed E-state index contributed by atoms with van der Waals surface area (Å²) >= 11 is 0. The Morgan fingerprint density at radius 1 is 1.57 bits per heavy atom. The zero-order valence-corrected chi connectivity index (χ0v) is 9.33. The monoisotopic (exact) mass is 194 g/mol. The van der Waals surface area contributed by atoms with Crippen molar-refractivity contribution >= 4 is 5.78 Å². The Balaban J connectivity index is 3.00. The van der Waals surface area contributed by atoms with Crippen molar-refractivity contribution in [1.29, 1.82) is 0 Å². The van der Waals surface area contributed by atoms with E-state index < -0.39 is 5.41 Å². The molecule has 0 saturated heterocycles. The highest BCUT2D eigenvalue weighted by molar-refractivity contribution is 5.92. The molecule has 0 fully saturated rings. The van der Waals surface area contributed by atoms with E-state index in [1.54, 1.807) is 7.11 Å². The molecular formula is C12H18O2. The molecule has 1 aliphatic rings. The summed E-state index contributed by atoms with van der Waals surface area (Å²) in [5.41, 5.74) is 0.584. The average molecular weight is 194 g/mol. The molecule has 0 aromatic carbocycles. The van der Waals surface area contributed by atoms with Crippen molar-refractivity contribution in [3.05, 3.63) is 23.8 Å². The van der Waals surface area contributed by atoms with E-state index in [-0.39, 0.29) is 11.7 Å². The van der Waals surface area contributed by atoms with Crippen molar-refractivity contribution < 1.29 is 9.53 Å². The van der Waals surface area contributed by atoms with E-state index >= 15 is 0 Å². The molecule has 1 rings (SSSR count). The highest BCUT2D eigenvalue weighted by Crippen LogP contribution is 2.37. The van der Waals surface area contributed by atoms with Crippen LogP contribution in [0.5, 0.6) is 0 Å². The molecule has 0 heterocycles. The first kappa shape index (κ1) is 11.2. The van der Waals surface area contributed by atoms with Gasteiger partial charge in [-0.05, 0) is 6.92 Å². The van der Waals surface area contributed by atoms with E-state index in [9.17, 15) is 4.79 Å². The smallest absolute Gasteiger partial charge is 0.151 e. The maximum absolute atomic E-state index is 12.1. The van der Waals surface area contributed by atoms with Gasteiger partial charge in [-0.1, -0.05) is 37.6 Å². The normalized spacial score (nSPS) is 25.6. The summed E-state index contributed by atoms with van der Waals surface area (Å²) in [7, 11) is 1.63. The Kier molecular flexibility index (Phi) is 3.27. The Hall–Kier alpha value is -0.890. The van der Waals surface area contributed by atoms with Crippen molar-refractivity contribution in [2.45, 2.75) is 20.8 Å². The lowest BCUT2D eigenvalue weighted by Gasteiger charge is -2.28. The Bertz CT molecular complexity index is 287. The number of ether oxygens (including phenoxy) is 1. The van der Waals surface area contributed by atoms with Crippen LogP contribution in [0.4, 0.5) is 0 Å². The van der Waals surface area contributed by atoms with Crippen LogP contribution in [0.3, 0.4) is 0 Å². The van der Waals surface area contributed by atoms with Gasteiger partial charge < -0.3 is 4.74 Å². The van der Waals surface area contributed by atoms with Gasteiger partial charge in [0.25, 0.3) is 0 Å². The number of rotatable bonds is 4. The molecule has 0 N–H and O–H groups in total. The van der Waals surface area contributed by atoms with Gasteiger partial charge in [-0.25, -0.2) is 0 Å². The van der Waals surface area contributed by atoms with Gasteiger partial charge in [0.2, 0.25) is 0 Å². The number of hydrogen-bond donors (Lipinski definition) is 0. The van der Waals surface area contributed by atoms with Gasteiger partial charge in [0, 0.05) is 13.0 Å². The summed E-state index contributed by atoms with van der Waals surface area (Å²) < 4.78 is 5.16. The van der Waals surface area contributed by atoms with Gasteiger partial charge in [-0.3, -0.25) is 4.79 Å². The molecular weight excluding hydrogens is 176 g/mol. The van der Waals surface area contributed by atoms with Crippen molar-refractivity contribution in [1.82, 2.24) is 0 Å². The van der Waals surface area contributed by atoms with Crippen LogP contribution < -0.4 is 0 Å². The summed E-state index contributed by atoms with van der Waals surface area (Å²) in [6, 6.07) is 0. The highest BCUT2D eigenvalue weighted by Gasteiger charge is 2.40. The van der Waals surface area contributed by atoms with Crippen LogP contribution in [0, 0.1) is 11.3 Å². The van der Waals surface area contributed by atoms with E-state index in [0.29, 0.717) is 6.61 Å². The molecule has 2 heteroatoms. The number of hydrogen-bond acceptors (Lipinski definition) is 2. The number of allylic oxidation sites excluding steroid dienone is 2. The molecule has 0 saturated carbocycles. The molecule has 0 spiro atoms. The van der Waals surface area contributed by atoms with E-state index in [0.717, 1.165) is 5.57 Å². The fourth-order valence-electron chi connectivity index (χ4n) is 1.89. The van der Waals surface area contributed by atoms with E-state index in [4.69, 9.17) is 4.74 Å². The molecule has 78 valence electrons. The summed E-state index contributed by atoms with van der Waals surface area (Å²) in [4.78, 5) is 12.1. The van der Waals surface area contributed by atoms with E-state index in [1.165, 1.54) is 0 Å². The van der Waals surface area contributed by atoms with Crippen LogP contribution in [-0.2, 0) is 9.53 Å². The summed E-state index contributed by atoms with van der Waals surface area (Å²) in [6.45, 7) is 6.29. The number of carbonyl (C=O) groups is 1. The molecule has 2 nitrogen and oxygen atoms in total. The lowest BCUT2D eigenvalue weighted by atomic mass is 9.76. The predicted molar refractivity (Wildman–Crippen MR) is 57.1 cm³/mol. The zero-order valence-electron chi connectivity index (χ0n) is 9.33. The van der Waals surface area contributed by atoms with Crippen molar-refractivity contribution in [2.24, 2.45) is 11.3 Å². The second kappa shape index (κ2) is 4.09. The minimum absolute atomic E-state index is 0.0382. The fraction of sp³-hybridized carbons (Fsp3) is 0.583. The number of methoxy groups -OCH3 is 1. The third-order valence-corrected chi connectivity index (χ3v) is 2.77. The second-order valence-electron chi connectivity index (χ2n) is 4.13. The number of Topliss-reactive ketones (excluding diaryl/α,β-unsaturated/α-hetero) is 1. The number of ketones is 1. The third kappa shape index (κ3) is 1.67. The minimum Gasteiger partial charge on any atom is -0.383 e. The first-order valence-electron chi connectivity index (χ1n) is 4.94. The molecule has 0 radical (unpaired) electrons. The van der Waals surface area contributed by atoms with Gasteiger partial charge in [-0.2, -0.15) is 0 Å². The maximum atomic E-state index is 12.1. The lowest BCUT2D eigenvalue weighted by Crippen LogP contribution is -2.36. The Labute approximate surface area is 85.6 Å². The SMILES string of the molecule is COCC1(C(=O)C(C)C)C=CC=C1C. The number of carbonyl (C=O) groups excluding carboxylic acids is 1. The molecule has 0 amide bonds. The Morgan fingerprint density at radius 3 is 2.57 bits per heavy atom. The van der Waals surface area contributed by atoms with Gasteiger partial charge in [0.15, 0.2) is 5.78 Å². The molecule has 0 aromatic heterocycles. The first-order valence-corrected chi connectivity index (χ1v) is 4.94. The van der Waals surface area contributed by atoms with Crippen LogP contribution in [0.1, 0.15) is 20.8 Å². The van der Waals surface area contributed by atoms with E-state index in [2.05, 4.69) is 0 Å². The van der Waals surface area contributed by atoms with Gasteiger partial charge >= 0.3 is 0 Å². The molecule has 1 atom stereocenters. The minimum atomic E-state index is -0.497. The standard InChI is InChI=1S/C12H18O2/c1-9(2)11(13)12(8-14-4)7-5-6-10(12)3/h5-7,9H,8H2,1-4H3.